The van der Waals surface area contributed by atoms with Crippen LogP contribution in [-0.2, 0) is 0 Å². The van der Waals surface area contributed by atoms with Crippen LogP contribution in [0.15, 0.2) is 30.3 Å². The Kier molecular flexibility index (Phi) is 4.29. The van der Waals surface area contributed by atoms with Crippen LogP contribution < -0.4 is 5.32 Å². The van der Waals surface area contributed by atoms with Gasteiger partial charge < -0.3 is 5.32 Å². The van der Waals surface area contributed by atoms with Gasteiger partial charge in [-0.2, -0.15) is 0 Å². The Labute approximate surface area is 122 Å². The van der Waals surface area contributed by atoms with E-state index in [1.807, 2.05) is 19.1 Å². The molecule has 0 amide bonds. The van der Waals surface area contributed by atoms with Gasteiger partial charge in [-0.3, -0.25) is 0 Å². The molecule has 1 unspecified atom stereocenters. The van der Waals surface area contributed by atoms with Crippen LogP contribution in [0.2, 0.25) is 5.02 Å². The molecular formula is C16H16ClF2N. The summed E-state index contributed by atoms with van der Waals surface area (Å²) >= 11 is 6.05. The Morgan fingerprint density at radius 1 is 1.00 bits per heavy atom. The fourth-order valence-corrected chi connectivity index (χ4v) is 2.18. The van der Waals surface area contributed by atoms with Gasteiger partial charge in [0.1, 0.15) is 11.6 Å². The molecule has 0 aliphatic rings. The summed E-state index contributed by atoms with van der Waals surface area (Å²) in [4.78, 5) is 0. The zero-order valence-corrected chi connectivity index (χ0v) is 12.4. The van der Waals surface area contributed by atoms with E-state index in [4.69, 9.17) is 11.6 Å². The van der Waals surface area contributed by atoms with Crippen LogP contribution in [0.1, 0.15) is 29.7 Å². The molecule has 0 radical (unpaired) electrons. The Hall–Kier alpha value is -1.61. The van der Waals surface area contributed by atoms with Gasteiger partial charge in [0.05, 0.1) is 6.04 Å². The highest BCUT2D eigenvalue weighted by atomic mass is 35.5. The minimum Gasteiger partial charge on any atom is -0.378 e. The van der Waals surface area contributed by atoms with Crippen LogP contribution in [0, 0.1) is 25.5 Å². The largest absolute Gasteiger partial charge is 0.378 e. The Bertz CT molecular complexity index is 641. The van der Waals surface area contributed by atoms with Crippen molar-refractivity contribution in [3.8, 4) is 0 Å². The van der Waals surface area contributed by atoms with Crippen molar-refractivity contribution in [2.45, 2.75) is 26.8 Å². The summed E-state index contributed by atoms with van der Waals surface area (Å²) in [6.45, 7) is 5.23. The van der Waals surface area contributed by atoms with E-state index < -0.39 is 11.6 Å². The fraction of sp³-hybridized carbons (Fsp3) is 0.250. The van der Waals surface area contributed by atoms with Crippen molar-refractivity contribution < 1.29 is 8.78 Å². The van der Waals surface area contributed by atoms with Crippen LogP contribution >= 0.6 is 11.6 Å². The van der Waals surface area contributed by atoms with Gasteiger partial charge in [-0.05, 0) is 56.2 Å². The molecule has 2 aromatic carbocycles. The molecule has 1 nitrogen and oxygen atoms in total. The van der Waals surface area contributed by atoms with Crippen LogP contribution in [0.5, 0.6) is 0 Å². The van der Waals surface area contributed by atoms with Gasteiger partial charge in [-0.15, -0.1) is 0 Å². The molecule has 0 heterocycles. The molecule has 20 heavy (non-hydrogen) atoms. The number of aryl methyl sites for hydroxylation is 2. The van der Waals surface area contributed by atoms with E-state index in [0.717, 1.165) is 11.3 Å². The molecule has 1 N–H and O–H groups in total. The number of benzene rings is 2. The number of nitrogens with one attached hydrogen (secondary N) is 1. The zero-order chi connectivity index (χ0) is 14.9. The quantitative estimate of drug-likeness (QED) is 0.798. The average molecular weight is 296 g/mol. The molecule has 0 saturated heterocycles. The van der Waals surface area contributed by atoms with Crippen LogP contribution in [0.25, 0.3) is 0 Å². The van der Waals surface area contributed by atoms with Crippen molar-refractivity contribution in [1.82, 2.24) is 0 Å². The van der Waals surface area contributed by atoms with Gasteiger partial charge in [0.2, 0.25) is 0 Å². The maximum Gasteiger partial charge on any atom is 0.128 e. The van der Waals surface area contributed by atoms with Crippen LogP contribution in [-0.4, -0.2) is 0 Å². The first-order valence-electron chi connectivity index (χ1n) is 6.36. The minimum absolute atomic E-state index is 0.296. The third kappa shape index (κ3) is 3.10. The lowest BCUT2D eigenvalue weighted by atomic mass is 10.0. The molecule has 0 saturated carbocycles. The average Bonchev–Trinajstić information content (AvgIpc) is 2.38. The Balaban J connectivity index is 2.25. The number of anilines is 1. The molecule has 0 fully saturated rings. The third-order valence-corrected chi connectivity index (χ3v) is 3.71. The first-order valence-corrected chi connectivity index (χ1v) is 6.74. The van der Waals surface area contributed by atoms with E-state index in [0.29, 0.717) is 16.1 Å². The molecule has 2 rings (SSSR count). The standard InChI is InChI=1S/C16H16ClF2N/c1-9-4-5-12(7-14(9)17)20-11(3)13-8-15(18)10(2)6-16(13)19/h4-8,11,20H,1-3H3. The highest BCUT2D eigenvalue weighted by molar-refractivity contribution is 6.31. The van der Waals surface area contributed by atoms with Gasteiger partial charge in [0, 0.05) is 16.3 Å². The third-order valence-electron chi connectivity index (χ3n) is 3.30. The monoisotopic (exact) mass is 295 g/mol. The summed E-state index contributed by atoms with van der Waals surface area (Å²) in [5.41, 5.74) is 2.34. The second-order valence-electron chi connectivity index (χ2n) is 4.95. The Morgan fingerprint density at radius 2 is 1.70 bits per heavy atom. The lowest BCUT2D eigenvalue weighted by Gasteiger charge is -2.17. The number of rotatable bonds is 3. The number of hydrogen-bond acceptors (Lipinski definition) is 1. The lowest BCUT2D eigenvalue weighted by molar-refractivity contribution is 0.571. The van der Waals surface area contributed by atoms with Crippen molar-refractivity contribution in [2.75, 3.05) is 5.32 Å². The minimum atomic E-state index is -0.415. The van der Waals surface area contributed by atoms with Crippen LogP contribution in [0.3, 0.4) is 0 Å². The van der Waals surface area contributed by atoms with Crippen molar-refractivity contribution >= 4 is 17.3 Å². The van der Waals surface area contributed by atoms with Gasteiger partial charge in [0.15, 0.2) is 0 Å². The summed E-state index contributed by atoms with van der Waals surface area (Å²) < 4.78 is 27.5. The number of halogens is 3. The highest BCUT2D eigenvalue weighted by Crippen LogP contribution is 2.26. The van der Waals surface area contributed by atoms with Gasteiger partial charge in [0.25, 0.3) is 0 Å². The van der Waals surface area contributed by atoms with E-state index in [2.05, 4.69) is 5.32 Å². The van der Waals surface area contributed by atoms with E-state index >= 15 is 0 Å². The molecule has 0 aromatic heterocycles. The molecule has 2 aromatic rings. The normalized spacial score (nSPS) is 12.3. The maximum absolute atomic E-state index is 13.9. The van der Waals surface area contributed by atoms with E-state index in [-0.39, 0.29) is 6.04 Å². The van der Waals surface area contributed by atoms with Crippen molar-refractivity contribution in [3.63, 3.8) is 0 Å². The zero-order valence-electron chi connectivity index (χ0n) is 11.6. The maximum atomic E-state index is 13.9. The predicted molar refractivity (Wildman–Crippen MR) is 79.3 cm³/mol. The first kappa shape index (κ1) is 14.8. The highest BCUT2D eigenvalue weighted by Gasteiger charge is 2.14. The van der Waals surface area contributed by atoms with E-state index in [9.17, 15) is 8.78 Å². The second kappa shape index (κ2) is 5.80. The topological polar surface area (TPSA) is 12.0 Å². The molecule has 0 aliphatic carbocycles. The molecule has 0 spiro atoms. The summed E-state index contributed by atoms with van der Waals surface area (Å²) in [5, 5.41) is 3.76. The smallest absolute Gasteiger partial charge is 0.128 e. The molecule has 0 aliphatic heterocycles. The van der Waals surface area contributed by atoms with Gasteiger partial charge in [-0.25, -0.2) is 8.78 Å². The van der Waals surface area contributed by atoms with Crippen LogP contribution in [0.4, 0.5) is 14.5 Å². The summed E-state index contributed by atoms with van der Waals surface area (Å²) in [6.07, 6.45) is 0. The van der Waals surface area contributed by atoms with Gasteiger partial charge >= 0.3 is 0 Å². The first-order chi connectivity index (χ1) is 9.38. The fourth-order valence-electron chi connectivity index (χ4n) is 2.00. The second-order valence-corrected chi connectivity index (χ2v) is 5.36. The SMILES string of the molecule is Cc1cc(F)c(C(C)Nc2ccc(C)c(Cl)c2)cc1F. The van der Waals surface area contributed by atoms with Crippen molar-refractivity contribution in [3.05, 3.63) is 63.7 Å². The molecule has 106 valence electrons. The van der Waals surface area contributed by atoms with E-state index in [1.165, 1.54) is 12.1 Å². The number of hydrogen-bond donors (Lipinski definition) is 1. The van der Waals surface area contributed by atoms with Crippen molar-refractivity contribution in [1.29, 1.82) is 0 Å². The summed E-state index contributed by atoms with van der Waals surface area (Å²) in [6, 6.07) is 7.60. The lowest BCUT2D eigenvalue weighted by Crippen LogP contribution is -2.09. The summed E-state index contributed by atoms with van der Waals surface area (Å²) in [5.74, 6) is -0.820. The molecular weight excluding hydrogens is 280 g/mol. The van der Waals surface area contributed by atoms with Crippen molar-refractivity contribution in [2.24, 2.45) is 0 Å². The Morgan fingerprint density at radius 3 is 2.35 bits per heavy atom. The van der Waals surface area contributed by atoms with E-state index in [1.54, 1.807) is 19.9 Å². The summed E-state index contributed by atoms with van der Waals surface area (Å²) in [7, 11) is 0. The predicted octanol–water partition coefficient (Wildman–Crippen LogP) is 5.41. The molecule has 0 bridgehead atoms. The molecule has 1 atom stereocenters. The van der Waals surface area contributed by atoms with Gasteiger partial charge in [-0.1, -0.05) is 17.7 Å². The molecule has 4 heteroatoms.